The van der Waals surface area contributed by atoms with Gasteiger partial charge in [-0.25, -0.2) is 0 Å². The van der Waals surface area contributed by atoms with Gasteiger partial charge in [0.2, 0.25) is 0 Å². The van der Waals surface area contributed by atoms with Crippen molar-refractivity contribution in [3.63, 3.8) is 0 Å². The smallest absolute Gasteiger partial charge is 0.153 e. The van der Waals surface area contributed by atoms with Crippen LogP contribution in [-0.2, 0) is 5.60 Å². The van der Waals surface area contributed by atoms with Crippen molar-refractivity contribution in [2.45, 2.75) is 31.8 Å². The minimum absolute atomic E-state index is 0.545. The van der Waals surface area contributed by atoms with Gasteiger partial charge in [-0.1, -0.05) is 30.7 Å². The minimum atomic E-state index is -0.804. The van der Waals surface area contributed by atoms with Gasteiger partial charge in [0.05, 0.1) is 5.02 Å². The molecular formula is C14H15ClO2. The van der Waals surface area contributed by atoms with Gasteiger partial charge in [0.15, 0.2) is 5.58 Å². The van der Waals surface area contributed by atoms with E-state index in [2.05, 4.69) is 6.92 Å². The van der Waals surface area contributed by atoms with Gasteiger partial charge >= 0.3 is 0 Å². The van der Waals surface area contributed by atoms with E-state index in [0.29, 0.717) is 22.3 Å². The van der Waals surface area contributed by atoms with Gasteiger partial charge in [0, 0.05) is 5.39 Å². The molecule has 1 aliphatic rings. The zero-order valence-electron chi connectivity index (χ0n) is 9.74. The lowest BCUT2D eigenvalue weighted by Crippen LogP contribution is -2.20. The van der Waals surface area contributed by atoms with E-state index in [1.54, 1.807) is 6.07 Å². The molecule has 0 radical (unpaired) electrons. The molecule has 0 bridgehead atoms. The van der Waals surface area contributed by atoms with E-state index in [4.69, 9.17) is 16.0 Å². The highest BCUT2D eigenvalue weighted by Crippen LogP contribution is 2.44. The van der Waals surface area contributed by atoms with E-state index >= 15 is 0 Å². The Bertz CT molecular complexity index is 560. The van der Waals surface area contributed by atoms with E-state index < -0.39 is 5.60 Å². The highest BCUT2D eigenvalue weighted by Gasteiger charge is 2.39. The van der Waals surface area contributed by atoms with Gasteiger partial charge in [-0.2, -0.15) is 0 Å². The summed E-state index contributed by atoms with van der Waals surface area (Å²) in [6, 6.07) is 7.57. The number of hydrogen-bond acceptors (Lipinski definition) is 2. The molecule has 0 spiro atoms. The number of benzene rings is 1. The minimum Gasteiger partial charge on any atom is -0.456 e. The standard InChI is InChI=1S/C14H15ClO2/c1-9-5-6-14(16,8-9)12-7-10-3-2-4-11(15)13(10)17-12/h2-4,7,9,16H,5-6,8H2,1H3. The third-order valence-corrected chi connectivity index (χ3v) is 3.99. The van der Waals surface area contributed by atoms with E-state index in [-0.39, 0.29) is 0 Å². The number of para-hydroxylation sites is 1. The highest BCUT2D eigenvalue weighted by molar-refractivity contribution is 6.34. The Labute approximate surface area is 105 Å². The molecule has 1 aliphatic carbocycles. The van der Waals surface area contributed by atoms with Crippen LogP contribution in [0.2, 0.25) is 5.02 Å². The molecule has 90 valence electrons. The number of halogens is 1. The molecule has 1 saturated carbocycles. The molecule has 0 amide bonds. The van der Waals surface area contributed by atoms with Crippen molar-refractivity contribution in [3.8, 4) is 0 Å². The molecular weight excluding hydrogens is 236 g/mol. The Morgan fingerprint density at radius 2 is 2.29 bits per heavy atom. The summed E-state index contributed by atoms with van der Waals surface area (Å²) in [5, 5.41) is 12.1. The van der Waals surface area contributed by atoms with Crippen molar-refractivity contribution in [1.82, 2.24) is 0 Å². The van der Waals surface area contributed by atoms with E-state index in [9.17, 15) is 5.11 Å². The molecule has 1 fully saturated rings. The maximum atomic E-state index is 10.6. The van der Waals surface area contributed by atoms with Crippen LogP contribution in [0.3, 0.4) is 0 Å². The van der Waals surface area contributed by atoms with Gasteiger partial charge in [0.25, 0.3) is 0 Å². The van der Waals surface area contributed by atoms with E-state index in [0.717, 1.165) is 24.6 Å². The molecule has 0 saturated heterocycles. The summed E-state index contributed by atoms with van der Waals surface area (Å²) in [5.41, 5.74) is -0.126. The molecule has 17 heavy (non-hydrogen) atoms. The zero-order chi connectivity index (χ0) is 12.0. The van der Waals surface area contributed by atoms with Crippen LogP contribution in [0, 0.1) is 5.92 Å². The summed E-state index contributed by atoms with van der Waals surface area (Å²) < 4.78 is 5.75. The summed E-state index contributed by atoms with van der Waals surface area (Å²) in [7, 11) is 0. The van der Waals surface area contributed by atoms with Crippen LogP contribution in [0.25, 0.3) is 11.0 Å². The summed E-state index contributed by atoms with van der Waals surface area (Å²) in [6.07, 6.45) is 2.58. The van der Waals surface area contributed by atoms with Crippen molar-refractivity contribution in [2.24, 2.45) is 5.92 Å². The third-order valence-electron chi connectivity index (χ3n) is 3.69. The fraction of sp³-hybridized carbons (Fsp3) is 0.429. The Kier molecular flexibility index (Phi) is 2.46. The third kappa shape index (κ3) is 1.76. The number of aliphatic hydroxyl groups is 1. The summed E-state index contributed by atoms with van der Waals surface area (Å²) in [4.78, 5) is 0. The largest absolute Gasteiger partial charge is 0.456 e. The molecule has 1 heterocycles. The van der Waals surface area contributed by atoms with E-state index in [1.165, 1.54) is 0 Å². The van der Waals surface area contributed by atoms with Crippen LogP contribution in [0.5, 0.6) is 0 Å². The second kappa shape index (κ2) is 3.76. The fourth-order valence-electron chi connectivity index (χ4n) is 2.75. The van der Waals surface area contributed by atoms with Crippen LogP contribution < -0.4 is 0 Å². The maximum absolute atomic E-state index is 10.6. The van der Waals surface area contributed by atoms with Crippen LogP contribution >= 0.6 is 11.6 Å². The van der Waals surface area contributed by atoms with Gasteiger partial charge in [-0.15, -0.1) is 0 Å². The Morgan fingerprint density at radius 3 is 2.94 bits per heavy atom. The van der Waals surface area contributed by atoms with Crippen LogP contribution in [0.4, 0.5) is 0 Å². The fourth-order valence-corrected chi connectivity index (χ4v) is 2.97. The van der Waals surface area contributed by atoms with Crippen molar-refractivity contribution in [3.05, 3.63) is 35.0 Å². The summed E-state index contributed by atoms with van der Waals surface area (Å²) in [5.74, 6) is 1.20. The molecule has 0 aliphatic heterocycles. The van der Waals surface area contributed by atoms with Crippen LogP contribution in [0.15, 0.2) is 28.7 Å². The topological polar surface area (TPSA) is 33.4 Å². The van der Waals surface area contributed by atoms with Crippen molar-refractivity contribution >= 4 is 22.6 Å². The average Bonchev–Trinajstić information content (AvgIpc) is 2.85. The molecule has 1 N–H and O–H groups in total. The number of hydrogen-bond donors (Lipinski definition) is 1. The first-order chi connectivity index (χ1) is 8.08. The predicted molar refractivity (Wildman–Crippen MR) is 68.1 cm³/mol. The average molecular weight is 251 g/mol. The first kappa shape index (κ1) is 11.1. The molecule has 2 aromatic rings. The lowest BCUT2D eigenvalue weighted by molar-refractivity contribution is 0.0201. The van der Waals surface area contributed by atoms with Crippen molar-refractivity contribution in [1.29, 1.82) is 0 Å². The lowest BCUT2D eigenvalue weighted by Gasteiger charge is -2.19. The Balaban J connectivity index is 2.10. The molecule has 3 heteroatoms. The molecule has 1 aromatic carbocycles. The zero-order valence-corrected chi connectivity index (χ0v) is 10.5. The molecule has 1 aromatic heterocycles. The highest BCUT2D eigenvalue weighted by atomic mass is 35.5. The number of fused-ring (bicyclic) bond motifs is 1. The SMILES string of the molecule is CC1CCC(O)(c2cc3cccc(Cl)c3o2)C1. The monoisotopic (exact) mass is 250 g/mol. The van der Waals surface area contributed by atoms with Crippen molar-refractivity contribution < 1.29 is 9.52 Å². The quantitative estimate of drug-likeness (QED) is 0.827. The van der Waals surface area contributed by atoms with Crippen LogP contribution in [0.1, 0.15) is 31.9 Å². The van der Waals surface area contributed by atoms with Crippen molar-refractivity contribution in [2.75, 3.05) is 0 Å². The normalized spacial score (nSPS) is 29.0. The molecule has 2 nitrogen and oxygen atoms in total. The van der Waals surface area contributed by atoms with E-state index in [1.807, 2.05) is 18.2 Å². The molecule has 3 rings (SSSR count). The number of furan rings is 1. The Hall–Kier alpha value is -0.990. The first-order valence-corrected chi connectivity index (χ1v) is 6.37. The second-order valence-corrected chi connectivity index (χ2v) is 5.56. The lowest BCUT2D eigenvalue weighted by atomic mass is 9.97. The van der Waals surface area contributed by atoms with Crippen LogP contribution in [-0.4, -0.2) is 5.11 Å². The molecule has 2 unspecified atom stereocenters. The summed E-state index contributed by atoms with van der Waals surface area (Å²) >= 11 is 6.08. The summed E-state index contributed by atoms with van der Waals surface area (Å²) in [6.45, 7) is 2.16. The number of rotatable bonds is 1. The van der Waals surface area contributed by atoms with Gasteiger partial charge in [-0.3, -0.25) is 0 Å². The van der Waals surface area contributed by atoms with Gasteiger partial charge in [0.1, 0.15) is 11.4 Å². The second-order valence-electron chi connectivity index (χ2n) is 5.15. The predicted octanol–water partition coefficient (Wildman–Crippen LogP) is 4.09. The maximum Gasteiger partial charge on any atom is 0.153 e. The van der Waals surface area contributed by atoms with Gasteiger partial charge in [-0.05, 0) is 37.3 Å². The molecule has 2 atom stereocenters. The first-order valence-electron chi connectivity index (χ1n) is 5.99. The Morgan fingerprint density at radius 1 is 1.47 bits per heavy atom. The van der Waals surface area contributed by atoms with Gasteiger partial charge < -0.3 is 9.52 Å².